The molecule has 1 aromatic heterocycles. The fourth-order valence-corrected chi connectivity index (χ4v) is 4.54. The first-order valence-corrected chi connectivity index (χ1v) is 8.82. The predicted octanol–water partition coefficient (Wildman–Crippen LogP) is 4.48. The lowest BCUT2D eigenvalue weighted by Gasteiger charge is -2.31. The van der Waals surface area contributed by atoms with Crippen molar-refractivity contribution in [2.75, 3.05) is 14.2 Å². The van der Waals surface area contributed by atoms with Crippen LogP contribution in [0, 0.1) is 0 Å². The van der Waals surface area contributed by atoms with Gasteiger partial charge in [-0.1, -0.05) is 6.92 Å². The second kappa shape index (κ2) is 6.75. The number of ether oxygens (including phenoxy) is 2. The first kappa shape index (κ1) is 16.1. The van der Waals surface area contributed by atoms with E-state index >= 15 is 0 Å². The lowest BCUT2D eigenvalue weighted by Crippen LogP contribution is -2.24. The van der Waals surface area contributed by atoms with Crippen LogP contribution in [0.4, 0.5) is 0 Å². The molecule has 0 aliphatic heterocycles. The molecule has 122 valence electrons. The van der Waals surface area contributed by atoms with Gasteiger partial charge in [-0.05, 0) is 61.4 Å². The van der Waals surface area contributed by atoms with Gasteiger partial charge in [-0.25, -0.2) is 0 Å². The normalized spacial score (nSPS) is 20.0. The Morgan fingerprint density at radius 1 is 1.22 bits per heavy atom. The number of rotatable bonds is 5. The van der Waals surface area contributed by atoms with Crippen LogP contribution in [0.2, 0.25) is 0 Å². The monoisotopic (exact) mass is 329 g/mol. The van der Waals surface area contributed by atoms with Gasteiger partial charge in [-0.3, -0.25) is 4.99 Å². The average Bonchev–Trinajstić information content (AvgIpc) is 3.07. The van der Waals surface area contributed by atoms with Gasteiger partial charge in [0, 0.05) is 15.7 Å². The zero-order chi connectivity index (χ0) is 16.4. The molecule has 3 rings (SSSR count). The zero-order valence-electron chi connectivity index (χ0n) is 14.0. The minimum Gasteiger partial charge on any atom is -0.493 e. The molecule has 1 aliphatic rings. The Hall–Kier alpha value is -1.81. The van der Waals surface area contributed by atoms with E-state index in [-0.39, 0.29) is 12.0 Å². The molecule has 4 heteroatoms. The Morgan fingerprint density at radius 2 is 1.96 bits per heavy atom. The topological polar surface area (TPSA) is 30.8 Å². The lowest BCUT2D eigenvalue weighted by molar-refractivity contribution is 0.352. The summed E-state index contributed by atoms with van der Waals surface area (Å²) in [4.78, 5) is 7.20. The first-order valence-electron chi connectivity index (χ1n) is 8.01. The van der Waals surface area contributed by atoms with Gasteiger partial charge in [-0.2, -0.15) is 0 Å². The number of fused-ring (bicyclic) bond motifs is 1. The van der Waals surface area contributed by atoms with Crippen LogP contribution in [-0.4, -0.2) is 27.0 Å². The summed E-state index contributed by atoms with van der Waals surface area (Å²) in [5.74, 6) is 1.85. The van der Waals surface area contributed by atoms with Gasteiger partial charge in [0.25, 0.3) is 0 Å². The highest BCUT2D eigenvalue weighted by atomic mass is 32.1. The number of thiophene rings is 1. The maximum atomic E-state index is 5.51. The van der Waals surface area contributed by atoms with Crippen molar-refractivity contribution in [1.29, 1.82) is 0 Å². The molecule has 0 spiro atoms. The van der Waals surface area contributed by atoms with Crippen molar-refractivity contribution < 1.29 is 9.47 Å². The molecule has 3 nitrogen and oxygen atoms in total. The lowest BCUT2D eigenvalue weighted by atomic mass is 9.78. The Balaban J connectivity index is 2.12. The summed E-state index contributed by atoms with van der Waals surface area (Å²) in [6, 6.07) is 8.95. The number of nitrogens with zero attached hydrogens (tertiary/aromatic N) is 1. The fourth-order valence-electron chi connectivity index (χ4n) is 3.41. The van der Waals surface area contributed by atoms with Gasteiger partial charge in [0.1, 0.15) is 0 Å². The molecule has 1 heterocycles. The summed E-state index contributed by atoms with van der Waals surface area (Å²) in [5.41, 5.74) is 2.63. The van der Waals surface area contributed by atoms with Crippen molar-refractivity contribution in [2.45, 2.75) is 38.1 Å². The molecule has 0 fully saturated rings. The SMILES string of the molecule is C=N[C@H]1CCc2cc(OC)c(OC)cc2[C@@H]1c1ccc(CC)s1. The van der Waals surface area contributed by atoms with Crippen LogP contribution < -0.4 is 9.47 Å². The van der Waals surface area contributed by atoms with Gasteiger partial charge < -0.3 is 9.47 Å². The van der Waals surface area contributed by atoms with E-state index in [1.807, 2.05) is 11.3 Å². The molecule has 0 unspecified atom stereocenters. The minimum absolute atomic E-state index is 0.226. The van der Waals surface area contributed by atoms with Crippen LogP contribution >= 0.6 is 11.3 Å². The van der Waals surface area contributed by atoms with Crippen LogP contribution in [0.15, 0.2) is 29.3 Å². The van der Waals surface area contributed by atoms with E-state index < -0.39 is 0 Å². The Kier molecular flexibility index (Phi) is 4.71. The largest absolute Gasteiger partial charge is 0.493 e. The van der Waals surface area contributed by atoms with E-state index in [2.05, 4.69) is 42.9 Å². The molecular formula is C19H23NO2S. The molecule has 0 saturated carbocycles. The van der Waals surface area contributed by atoms with Crippen molar-refractivity contribution in [3.63, 3.8) is 0 Å². The second-order valence-corrected chi connectivity index (χ2v) is 7.03. The molecule has 23 heavy (non-hydrogen) atoms. The van der Waals surface area contributed by atoms with Crippen LogP contribution in [0.25, 0.3) is 0 Å². The van der Waals surface area contributed by atoms with Crippen molar-refractivity contribution in [3.8, 4) is 11.5 Å². The van der Waals surface area contributed by atoms with Crippen molar-refractivity contribution >= 4 is 18.1 Å². The number of aliphatic imine (C=N–C) groups is 1. The summed E-state index contributed by atoms with van der Waals surface area (Å²) in [6.07, 6.45) is 3.10. The maximum absolute atomic E-state index is 5.51. The van der Waals surface area contributed by atoms with E-state index in [0.29, 0.717) is 0 Å². The van der Waals surface area contributed by atoms with Crippen molar-refractivity contribution in [3.05, 3.63) is 45.1 Å². The molecule has 0 bridgehead atoms. The zero-order valence-corrected chi connectivity index (χ0v) is 14.8. The predicted molar refractivity (Wildman–Crippen MR) is 96.7 cm³/mol. The highest BCUT2D eigenvalue weighted by Crippen LogP contribution is 2.44. The average molecular weight is 329 g/mol. The number of aryl methyl sites for hydroxylation is 2. The molecule has 0 N–H and O–H groups in total. The molecule has 0 radical (unpaired) electrons. The molecule has 1 aliphatic carbocycles. The summed E-state index contributed by atoms with van der Waals surface area (Å²) >= 11 is 1.89. The second-order valence-electron chi connectivity index (χ2n) is 5.83. The molecule has 0 saturated heterocycles. The number of methoxy groups -OCH3 is 2. The third-order valence-corrected chi connectivity index (χ3v) is 5.96. The third kappa shape index (κ3) is 2.88. The molecule has 2 aromatic rings. The summed E-state index contributed by atoms with van der Waals surface area (Å²) in [7, 11) is 3.37. The first-order chi connectivity index (χ1) is 11.2. The van der Waals surface area contributed by atoms with E-state index in [1.165, 1.54) is 20.9 Å². The van der Waals surface area contributed by atoms with E-state index in [1.54, 1.807) is 14.2 Å². The van der Waals surface area contributed by atoms with Gasteiger partial charge in [0.05, 0.1) is 20.3 Å². The van der Waals surface area contributed by atoms with E-state index in [9.17, 15) is 0 Å². The highest BCUT2D eigenvalue weighted by molar-refractivity contribution is 7.12. The Bertz CT molecular complexity index is 707. The maximum Gasteiger partial charge on any atom is 0.161 e. The quantitative estimate of drug-likeness (QED) is 0.758. The summed E-state index contributed by atoms with van der Waals surface area (Å²) in [6.45, 7) is 6.03. The molecule has 0 amide bonds. The third-order valence-electron chi connectivity index (χ3n) is 4.65. The molecule has 2 atom stereocenters. The Morgan fingerprint density at radius 3 is 2.57 bits per heavy atom. The van der Waals surface area contributed by atoms with Crippen LogP contribution in [0.3, 0.4) is 0 Å². The van der Waals surface area contributed by atoms with Crippen LogP contribution in [0.1, 0.15) is 40.1 Å². The van der Waals surface area contributed by atoms with Crippen molar-refractivity contribution in [2.24, 2.45) is 4.99 Å². The van der Waals surface area contributed by atoms with Crippen molar-refractivity contribution in [1.82, 2.24) is 0 Å². The van der Waals surface area contributed by atoms with Gasteiger partial charge in [0.15, 0.2) is 11.5 Å². The summed E-state index contributed by atoms with van der Waals surface area (Å²) < 4.78 is 11.0. The fraction of sp³-hybridized carbons (Fsp3) is 0.421. The standard InChI is InChI=1S/C19H23NO2S/c1-5-13-7-9-18(23-13)19-14-11-17(22-4)16(21-3)10-12(14)6-8-15(19)20-2/h7,9-11,15,19H,2,5-6,8H2,1,3-4H3/t15-,19-/m0/s1. The van der Waals surface area contributed by atoms with Gasteiger partial charge in [0.2, 0.25) is 0 Å². The van der Waals surface area contributed by atoms with Crippen LogP contribution in [-0.2, 0) is 12.8 Å². The molecule has 1 aromatic carbocycles. The number of hydrogen-bond acceptors (Lipinski definition) is 4. The smallest absolute Gasteiger partial charge is 0.161 e. The number of benzene rings is 1. The van der Waals surface area contributed by atoms with Gasteiger partial charge >= 0.3 is 0 Å². The van der Waals surface area contributed by atoms with E-state index in [4.69, 9.17) is 9.47 Å². The van der Waals surface area contributed by atoms with Crippen LogP contribution in [0.5, 0.6) is 11.5 Å². The molecular weight excluding hydrogens is 306 g/mol. The Labute approximate surface area is 142 Å². The highest BCUT2D eigenvalue weighted by Gasteiger charge is 2.32. The van der Waals surface area contributed by atoms with Gasteiger partial charge in [-0.15, -0.1) is 11.3 Å². The number of hydrogen-bond donors (Lipinski definition) is 0. The van der Waals surface area contributed by atoms with E-state index in [0.717, 1.165) is 30.8 Å². The summed E-state index contributed by atoms with van der Waals surface area (Å²) in [5, 5.41) is 0. The minimum atomic E-state index is 0.226.